The number of hydrogen-bond acceptors (Lipinski definition) is 5. The van der Waals surface area contributed by atoms with Crippen molar-refractivity contribution >= 4 is 5.91 Å². The van der Waals surface area contributed by atoms with E-state index in [9.17, 15) is 9.18 Å². The fraction of sp³-hybridized carbons (Fsp3) is 0.500. The third-order valence-electron chi connectivity index (χ3n) is 4.64. The van der Waals surface area contributed by atoms with Gasteiger partial charge in [0.25, 0.3) is 0 Å². The van der Waals surface area contributed by atoms with Crippen LogP contribution in [0.3, 0.4) is 0 Å². The van der Waals surface area contributed by atoms with Gasteiger partial charge in [0.1, 0.15) is 17.6 Å². The highest BCUT2D eigenvalue weighted by molar-refractivity contribution is 5.81. The summed E-state index contributed by atoms with van der Waals surface area (Å²) >= 11 is 0. The van der Waals surface area contributed by atoms with E-state index in [2.05, 4.69) is 10.1 Å². The third-order valence-corrected chi connectivity index (χ3v) is 4.64. The maximum atomic E-state index is 12.9. The molecule has 4 rings (SSSR count). The molecule has 6 nitrogen and oxygen atoms in total. The standard InChI is InChI=1S/C18H20FN3O3/c19-13-5-7-14(8-6-13)24-11-9-16-20-17(25-21-16)15-2-1-10-22(15)18(23)12-3-4-12/h5-8,12,15H,1-4,9-11H2. The van der Waals surface area contributed by atoms with Crippen LogP contribution in [0.5, 0.6) is 5.75 Å². The van der Waals surface area contributed by atoms with E-state index in [4.69, 9.17) is 9.26 Å². The van der Waals surface area contributed by atoms with Crippen LogP contribution in [0.4, 0.5) is 4.39 Å². The van der Waals surface area contributed by atoms with Gasteiger partial charge in [0.05, 0.1) is 6.61 Å². The fourth-order valence-electron chi connectivity index (χ4n) is 3.15. The summed E-state index contributed by atoms with van der Waals surface area (Å²) in [5.41, 5.74) is 0. The predicted octanol–water partition coefficient (Wildman–Crippen LogP) is 2.90. The summed E-state index contributed by atoms with van der Waals surface area (Å²) in [7, 11) is 0. The Hall–Kier alpha value is -2.44. The van der Waals surface area contributed by atoms with Crippen molar-refractivity contribution in [2.75, 3.05) is 13.2 Å². The van der Waals surface area contributed by atoms with Crippen molar-refractivity contribution in [1.82, 2.24) is 15.0 Å². The van der Waals surface area contributed by atoms with Gasteiger partial charge in [-0.2, -0.15) is 4.98 Å². The van der Waals surface area contributed by atoms with E-state index in [0.717, 1.165) is 32.2 Å². The highest BCUT2D eigenvalue weighted by atomic mass is 19.1. The maximum Gasteiger partial charge on any atom is 0.249 e. The molecule has 2 fully saturated rings. The Morgan fingerprint density at radius 1 is 1.28 bits per heavy atom. The van der Waals surface area contributed by atoms with E-state index in [1.807, 2.05) is 4.90 Å². The monoisotopic (exact) mass is 345 g/mol. The molecule has 0 bridgehead atoms. The molecule has 1 aliphatic carbocycles. The van der Waals surface area contributed by atoms with Crippen molar-refractivity contribution in [3.05, 3.63) is 41.8 Å². The molecule has 0 radical (unpaired) electrons. The molecule has 1 unspecified atom stereocenters. The normalized spacial score (nSPS) is 20.0. The zero-order valence-corrected chi connectivity index (χ0v) is 13.9. The van der Waals surface area contributed by atoms with E-state index in [-0.39, 0.29) is 23.7 Å². The minimum Gasteiger partial charge on any atom is -0.493 e. The zero-order valence-electron chi connectivity index (χ0n) is 13.9. The Morgan fingerprint density at radius 2 is 2.08 bits per heavy atom. The van der Waals surface area contributed by atoms with Gasteiger partial charge in [0.15, 0.2) is 5.82 Å². The van der Waals surface area contributed by atoms with Crippen LogP contribution in [0.25, 0.3) is 0 Å². The summed E-state index contributed by atoms with van der Waals surface area (Å²) < 4.78 is 23.8. The number of halogens is 1. The molecule has 1 aromatic heterocycles. The molecule has 0 spiro atoms. The van der Waals surface area contributed by atoms with Crippen LogP contribution in [0, 0.1) is 11.7 Å². The molecule has 1 saturated carbocycles. The number of amides is 1. The van der Waals surface area contributed by atoms with E-state index >= 15 is 0 Å². The number of nitrogens with zero attached hydrogens (tertiary/aromatic N) is 3. The highest BCUT2D eigenvalue weighted by Crippen LogP contribution is 2.38. The fourth-order valence-corrected chi connectivity index (χ4v) is 3.15. The molecular formula is C18H20FN3O3. The minimum atomic E-state index is -0.294. The number of likely N-dealkylation sites (tertiary alicyclic amines) is 1. The summed E-state index contributed by atoms with van der Waals surface area (Å²) in [6.07, 6.45) is 4.32. The lowest BCUT2D eigenvalue weighted by atomic mass is 10.2. The van der Waals surface area contributed by atoms with Crippen LogP contribution in [0.2, 0.25) is 0 Å². The molecule has 1 amide bonds. The maximum absolute atomic E-state index is 12.9. The van der Waals surface area contributed by atoms with Crippen molar-refractivity contribution < 1.29 is 18.4 Å². The number of rotatable bonds is 6. The first-order valence-corrected chi connectivity index (χ1v) is 8.72. The van der Waals surface area contributed by atoms with Gasteiger partial charge in [0, 0.05) is 18.9 Å². The smallest absolute Gasteiger partial charge is 0.249 e. The summed E-state index contributed by atoms with van der Waals surface area (Å²) in [6.45, 7) is 1.14. The number of carbonyl (C=O) groups is 1. The SMILES string of the molecule is O=C(C1CC1)N1CCCC1c1nc(CCOc2ccc(F)cc2)no1. The molecule has 25 heavy (non-hydrogen) atoms. The number of hydrogen-bond donors (Lipinski definition) is 0. The van der Waals surface area contributed by atoms with Gasteiger partial charge in [-0.25, -0.2) is 4.39 Å². The first-order chi connectivity index (χ1) is 12.2. The molecule has 1 atom stereocenters. The van der Waals surface area contributed by atoms with Gasteiger partial charge in [-0.15, -0.1) is 0 Å². The molecule has 7 heteroatoms. The molecular weight excluding hydrogens is 325 g/mol. The molecule has 2 aliphatic rings. The van der Waals surface area contributed by atoms with Crippen LogP contribution in [-0.2, 0) is 11.2 Å². The zero-order chi connectivity index (χ0) is 17.2. The van der Waals surface area contributed by atoms with Crippen molar-refractivity contribution in [3.63, 3.8) is 0 Å². The van der Waals surface area contributed by atoms with Crippen molar-refractivity contribution in [2.24, 2.45) is 5.92 Å². The predicted molar refractivity (Wildman–Crippen MR) is 86.3 cm³/mol. The van der Waals surface area contributed by atoms with Crippen molar-refractivity contribution in [1.29, 1.82) is 0 Å². The number of aromatic nitrogens is 2. The van der Waals surface area contributed by atoms with E-state index in [0.29, 0.717) is 30.5 Å². The Balaban J connectivity index is 1.33. The Morgan fingerprint density at radius 3 is 2.84 bits per heavy atom. The third kappa shape index (κ3) is 3.65. The van der Waals surface area contributed by atoms with Gasteiger partial charge in [-0.05, 0) is 49.9 Å². The Bertz CT molecular complexity index is 742. The first-order valence-electron chi connectivity index (χ1n) is 8.72. The number of benzene rings is 1. The second-order valence-electron chi connectivity index (χ2n) is 6.57. The summed E-state index contributed by atoms with van der Waals surface area (Å²) in [5, 5.41) is 4.00. The molecule has 2 heterocycles. The van der Waals surface area contributed by atoms with Crippen LogP contribution in [-0.4, -0.2) is 34.1 Å². The van der Waals surface area contributed by atoms with Gasteiger partial charge >= 0.3 is 0 Å². The van der Waals surface area contributed by atoms with Gasteiger partial charge in [-0.3, -0.25) is 4.79 Å². The molecule has 1 aromatic carbocycles. The summed E-state index contributed by atoms with van der Waals surface area (Å²) in [5.74, 6) is 1.80. The van der Waals surface area contributed by atoms with Crippen LogP contribution in [0.1, 0.15) is 43.4 Å². The second-order valence-corrected chi connectivity index (χ2v) is 6.57. The largest absolute Gasteiger partial charge is 0.493 e. The van der Waals surface area contributed by atoms with Crippen LogP contribution >= 0.6 is 0 Å². The quantitative estimate of drug-likeness (QED) is 0.805. The highest BCUT2D eigenvalue weighted by Gasteiger charge is 2.40. The van der Waals surface area contributed by atoms with Crippen molar-refractivity contribution in [3.8, 4) is 5.75 Å². The van der Waals surface area contributed by atoms with Crippen molar-refractivity contribution in [2.45, 2.75) is 38.1 Å². The molecule has 0 N–H and O–H groups in total. The van der Waals surface area contributed by atoms with E-state index < -0.39 is 0 Å². The Labute approximate surface area is 145 Å². The average Bonchev–Trinajstić information content (AvgIpc) is 3.16. The van der Waals surface area contributed by atoms with Crippen LogP contribution in [0.15, 0.2) is 28.8 Å². The lowest BCUT2D eigenvalue weighted by Gasteiger charge is -2.21. The lowest BCUT2D eigenvalue weighted by molar-refractivity contribution is -0.133. The molecule has 2 aromatic rings. The van der Waals surface area contributed by atoms with E-state index in [1.165, 1.54) is 12.1 Å². The topological polar surface area (TPSA) is 68.5 Å². The minimum absolute atomic E-state index is 0.0904. The molecule has 1 aliphatic heterocycles. The van der Waals surface area contributed by atoms with Gasteiger partial charge < -0.3 is 14.2 Å². The van der Waals surface area contributed by atoms with E-state index in [1.54, 1.807) is 12.1 Å². The summed E-state index contributed by atoms with van der Waals surface area (Å²) in [4.78, 5) is 18.7. The lowest BCUT2D eigenvalue weighted by Crippen LogP contribution is -2.31. The van der Waals surface area contributed by atoms with Gasteiger partial charge in [-0.1, -0.05) is 5.16 Å². The van der Waals surface area contributed by atoms with Gasteiger partial charge in [0.2, 0.25) is 11.8 Å². The number of carbonyl (C=O) groups excluding carboxylic acids is 1. The number of ether oxygens (including phenoxy) is 1. The Kier molecular flexibility index (Phi) is 4.38. The first kappa shape index (κ1) is 16.1. The average molecular weight is 345 g/mol. The van der Waals surface area contributed by atoms with Crippen LogP contribution < -0.4 is 4.74 Å². The molecule has 132 valence electrons. The summed E-state index contributed by atoms with van der Waals surface area (Å²) in [6, 6.07) is 5.78. The molecule has 1 saturated heterocycles. The second kappa shape index (κ2) is 6.82.